The van der Waals surface area contributed by atoms with Crippen molar-refractivity contribution in [2.24, 2.45) is 5.18 Å². The summed E-state index contributed by atoms with van der Waals surface area (Å²) in [5, 5.41) is 3.01. The molecule has 1 aromatic rings. The molecule has 84 valence electrons. The molecule has 0 radical (unpaired) electrons. The Morgan fingerprint density at radius 3 is 2.62 bits per heavy atom. The van der Waals surface area contributed by atoms with Crippen LogP contribution < -0.4 is 0 Å². The SMILES string of the molecule is COC(=O)c1cc(C)cc(N=O)c1C1CC1. The first kappa shape index (κ1) is 10.8. The summed E-state index contributed by atoms with van der Waals surface area (Å²) in [5.74, 6) is -0.0992. The van der Waals surface area contributed by atoms with Gasteiger partial charge in [0.1, 0.15) is 5.69 Å². The van der Waals surface area contributed by atoms with Crippen LogP contribution in [0.3, 0.4) is 0 Å². The smallest absolute Gasteiger partial charge is 0.338 e. The highest BCUT2D eigenvalue weighted by Crippen LogP contribution is 2.46. The molecule has 16 heavy (non-hydrogen) atoms. The van der Waals surface area contributed by atoms with Gasteiger partial charge in [-0.2, -0.15) is 0 Å². The van der Waals surface area contributed by atoms with E-state index >= 15 is 0 Å². The van der Waals surface area contributed by atoms with E-state index in [1.165, 1.54) is 7.11 Å². The van der Waals surface area contributed by atoms with Crippen LogP contribution in [0.5, 0.6) is 0 Å². The second kappa shape index (κ2) is 4.04. The van der Waals surface area contributed by atoms with E-state index in [1.807, 2.05) is 6.92 Å². The zero-order chi connectivity index (χ0) is 11.7. The van der Waals surface area contributed by atoms with E-state index in [9.17, 15) is 9.70 Å². The number of benzene rings is 1. The summed E-state index contributed by atoms with van der Waals surface area (Å²) in [7, 11) is 1.34. The van der Waals surface area contributed by atoms with Crippen molar-refractivity contribution in [1.82, 2.24) is 0 Å². The number of nitrogens with zero attached hydrogens (tertiary/aromatic N) is 1. The number of nitroso groups, excluding NO2 is 1. The van der Waals surface area contributed by atoms with Gasteiger partial charge in [-0.1, -0.05) is 0 Å². The summed E-state index contributed by atoms with van der Waals surface area (Å²) in [6.45, 7) is 1.83. The molecule has 1 aliphatic rings. The van der Waals surface area contributed by atoms with E-state index in [2.05, 4.69) is 5.18 Å². The monoisotopic (exact) mass is 219 g/mol. The zero-order valence-electron chi connectivity index (χ0n) is 9.32. The van der Waals surface area contributed by atoms with Gasteiger partial charge in [-0.3, -0.25) is 0 Å². The highest BCUT2D eigenvalue weighted by atomic mass is 16.5. The molecule has 0 aliphatic heterocycles. The van der Waals surface area contributed by atoms with Gasteiger partial charge in [0.15, 0.2) is 0 Å². The lowest BCUT2D eigenvalue weighted by Crippen LogP contribution is -2.06. The lowest BCUT2D eigenvalue weighted by Gasteiger charge is -2.09. The largest absolute Gasteiger partial charge is 0.465 e. The van der Waals surface area contributed by atoms with Gasteiger partial charge in [-0.15, -0.1) is 4.91 Å². The third-order valence-electron chi connectivity index (χ3n) is 2.79. The van der Waals surface area contributed by atoms with Crippen molar-refractivity contribution in [3.63, 3.8) is 0 Å². The van der Waals surface area contributed by atoms with Crippen LogP contribution in [0.25, 0.3) is 0 Å². The van der Waals surface area contributed by atoms with Crippen molar-refractivity contribution in [2.75, 3.05) is 7.11 Å². The number of rotatable bonds is 3. The maximum Gasteiger partial charge on any atom is 0.338 e. The first-order valence-corrected chi connectivity index (χ1v) is 5.23. The van der Waals surface area contributed by atoms with Crippen LogP contribution >= 0.6 is 0 Å². The van der Waals surface area contributed by atoms with E-state index in [0.717, 1.165) is 24.0 Å². The summed E-state index contributed by atoms with van der Waals surface area (Å²) < 4.78 is 4.73. The van der Waals surface area contributed by atoms with Gasteiger partial charge in [0.25, 0.3) is 0 Å². The van der Waals surface area contributed by atoms with Gasteiger partial charge < -0.3 is 4.74 Å². The number of ether oxygens (including phenoxy) is 1. The van der Waals surface area contributed by atoms with E-state index in [-0.39, 0.29) is 0 Å². The maximum atomic E-state index is 11.6. The minimum atomic E-state index is -0.393. The minimum absolute atomic E-state index is 0.294. The molecule has 0 unspecified atom stereocenters. The molecular formula is C12H13NO3. The summed E-state index contributed by atoms with van der Waals surface area (Å²) in [5.41, 5.74) is 2.47. The number of esters is 1. The van der Waals surface area contributed by atoms with Gasteiger partial charge in [0, 0.05) is 0 Å². The van der Waals surface area contributed by atoms with Crippen molar-refractivity contribution >= 4 is 11.7 Å². The summed E-state index contributed by atoms with van der Waals surface area (Å²) >= 11 is 0. The number of carbonyl (C=O) groups is 1. The van der Waals surface area contributed by atoms with Crippen LogP contribution in [0.4, 0.5) is 5.69 Å². The predicted molar refractivity (Wildman–Crippen MR) is 59.9 cm³/mol. The Labute approximate surface area is 93.6 Å². The number of aryl methyl sites for hydroxylation is 1. The highest BCUT2D eigenvalue weighted by molar-refractivity contribution is 5.93. The van der Waals surface area contributed by atoms with Crippen molar-refractivity contribution in [1.29, 1.82) is 0 Å². The molecule has 0 bridgehead atoms. The average molecular weight is 219 g/mol. The molecule has 4 nitrogen and oxygen atoms in total. The predicted octanol–water partition coefficient (Wildman–Crippen LogP) is 3.06. The number of hydrogen-bond donors (Lipinski definition) is 0. The fourth-order valence-electron chi connectivity index (χ4n) is 1.93. The number of methoxy groups -OCH3 is 1. The van der Waals surface area contributed by atoms with Gasteiger partial charge in [-0.05, 0) is 54.1 Å². The summed E-state index contributed by atoms with van der Waals surface area (Å²) in [6, 6.07) is 3.47. The number of hydrogen-bond acceptors (Lipinski definition) is 4. The Hall–Kier alpha value is -1.71. The molecule has 1 aliphatic carbocycles. The zero-order valence-corrected chi connectivity index (χ0v) is 9.32. The quantitative estimate of drug-likeness (QED) is 0.580. The standard InChI is InChI=1S/C12H13NO3/c1-7-5-9(12(14)16-2)11(8-3-4-8)10(6-7)13-15/h5-6,8H,3-4H2,1-2H3. The molecule has 0 atom stereocenters. The molecular weight excluding hydrogens is 206 g/mol. The molecule has 0 spiro atoms. The fraction of sp³-hybridized carbons (Fsp3) is 0.417. The topological polar surface area (TPSA) is 55.7 Å². The fourth-order valence-corrected chi connectivity index (χ4v) is 1.93. The van der Waals surface area contributed by atoms with Gasteiger partial charge >= 0.3 is 5.97 Å². The molecule has 0 heterocycles. The van der Waals surface area contributed by atoms with Gasteiger partial charge in [0.2, 0.25) is 0 Å². The van der Waals surface area contributed by atoms with Crippen molar-refractivity contribution < 1.29 is 9.53 Å². The van der Waals surface area contributed by atoms with E-state index < -0.39 is 5.97 Å². The maximum absolute atomic E-state index is 11.6. The van der Waals surface area contributed by atoms with E-state index in [1.54, 1.807) is 12.1 Å². The Morgan fingerprint density at radius 1 is 1.44 bits per heavy atom. The number of carbonyl (C=O) groups excluding carboxylic acids is 1. The average Bonchev–Trinajstić information content (AvgIpc) is 3.10. The molecule has 0 N–H and O–H groups in total. The molecule has 1 aromatic carbocycles. The normalized spacial score (nSPS) is 14.6. The Balaban J connectivity index is 2.59. The van der Waals surface area contributed by atoms with Crippen LogP contribution in [0.2, 0.25) is 0 Å². The second-order valence-electron chi connectivity index (χ2n) is 4.10. The van der Waals surface area contributed by atoms with Crippen LogP contribution in [-0.4, -0.2) is 13.1 Å². The van der Waals surface area contributed by atoms with Crippen LogP contribution in [0.15, 0.2) is 17.3 Å². The van der Waals surface area contributed by atoms with Crippen molar-refractivity contribution in [3.05, 3.63) is 33.7 Å². The van der Waals surface area contributed by atoms with E-state index in [0.29, 0.717) is 17.2 Å². The summed E-state index contributed by atoms with van der Waals surface area (Å²) in [6.07, 6.45) is 2.02. The lowest BCUT2D eigenvalue weighted by atomic mass is 9.98. The van der Waals surface area contributed by atoms with E-state index in [4.69, 9.17) is 4.74 Å². The molecule has 0 saturated heterocycles. The first-order valence-electron chi connectivity index (χ1n) is 5.23. The van der Waals surface area contributed by atoms with Crippen molar-refractivity contribution in [2.45, 2.75) is 25.7 Å². The molecule has 4 heteroatoms. The third-order valence-corrected chi connectivity index (χ3v) is 2.79. The lowest BCUT2D eigenvalue weighted by molar-refractivity contribution is 0.0599. The van der Waals surface area contributed by atoms with Gasteiger partial charge in [0.05, 0.1) is 12.7 Å². The van der Waals surface area contributed by atoms with Crippen LogP contribution in [-0.2, 0) is 4.74 Å². The molecule has 0 aromatic heterocycles. The first-order chi connectivity index (χ1) is 7.67. The Morgan fingerprint density at radius 2 is 2.12 bits per heavy atom. The third kappa shape index (κ3) is 1.83. The molecule has 1 saturated carbocycles. The second-order valence-corrected chi connectivity index (χ2v) is 4.10. The van der Waals surface area contributed by atoms with Gasteiger partial charge in [-0.25, -0.2) is 4.79 Å². The molecule has 2 rings (SSSR count). The molecule has 1 fully saturated rings. The van der Waals surface area contributed by atoms with Crippen molar-refractivity contribution in [3.8, 4) is 0 Å². The Kier molecular flexibility index (Phi) is 2.73. The van der Waals surface area contributed by atoms with Crippen LogP contribution in [0, 0.1) is 11.8 Å². The molecule has 0 amide bonds. The minimum Gasteiger partial charge on any atom is -0.465 e. The Bertz CT molecular complexity index is 450. The summed E-state index contributed by atoms with van der Waals surface area (Å²) in [4.78, 5) is 22.4. The highest BCUT2D eigenvalue weighted by Gasteiger charge is 2.31. The van der Waals surface area contributed by atoms with Crippen LogP contribution in [0.1, 0.15) is 40.2 Å².